The largest absolute Gasteiger partial charge is 0.393 e. The third-order valence-electron chi connectivity index (χ3n) is 5.50. The average molecular weight is 297 g/mol. The van der Waals surface area contributed by atoms with Crippen LogP contribution in [-0.2, 0) is 0 Å². The fraction of sp³-hybridized carbons (Fsp3) is 1.00. The van der Waals surface area contributed by atoms with Crippen molar-refractivity contribution in [1.29, 1.82) is 0 Å². The Hall–Kier alpha value is -0.0400. The molecule has 1 rings (SSSR count). The summed E-state index contributed by atoms with van der Waals surface area (Å²) in [6, 6.07) is 0. The summed E-state index contributed by atoms with van der Waals surface area (Å²) in [6.45, 7) is 4.56. The molecule has 0 spiro atoms. The van der Waals surface area contributed by atoms with E-state index in [2.05, 4.69) is 13.8 Å². The van der Waals surface area contributed by atoms with E-state index >= 15 is 0 Å². The standard InChI is InChI=1S/C20H40O/c1-3-5-7-8-9-10-11-13-20(21)19-16-14-18(15-17-19)12-6-4-2/h18-21H,3-17H2,1-2H3. The van der Waals surface area contributed by atoms with E-state index < -0.39 is 0 Å². The van der Waals surface area contributed by atoms with Crippen LogP contribution in [0.1, 0.15) is 110 Å². The van der Waals surface area contributed by atoms with Gasteiger partial charge in [-0.05, 0) is 31.1 Å². The van der Waals surface area contributed by atoms with Gasteiger partial charge in [-0.15, -0.1) is 0 Å². The Kier molecular flexibility index (Phi) is 11.3. The van der Waals surface area contributed by atoms with E-state index in [4.69, 9.17) is 0 Å². The van der Waals surface area contributed by atoms with E-state index in [1.807, 2.05) is 0 Å². The van der Waals surface area contributed by atoms with Gasteiger partial charge < -0.3 is 5.11 Å². The van der Waals surface area contributed by atoms with Gasteiger partial charge in [-0.3, -0.25) is 0 Å². The van der Waals surface area contributed by atoms with Crippen molar-refractivity contribution in [3.8, 4) is 0 Å². The Morgan fingerprint density at radius 2 is 1.33 bits per heavy atom. The molecule has 0 aromatic carbocycles. The second-order valence-corrected chi connectivity index (χ2v) is 7.40. The molecule has 1 heteroatoms. The number of aliphatic hydroxyl groups is 1. The molecule has 1 aliphatic rings. The number of hydrogen-bond donors (Lipinski definition) is 1. The Morgan fingerprint density at radius 3 is 1.95 bits per heavy atom. The first-order valence-corrected chi connectivity index (χ1v) is 9.96. The van der Waals surface area contributed by atoms with Gasteiger partial charge in [0.2, 0.25) is 0 Å². The van der Waals surface area contributed by atoms with Crippen LogP contribution in [0, 0.1) is 11.8 Å². The van der Waals surface area contributed by atoms with Crippen molar-refractivity contribution in [2.75, 3.05) is 0 Å². The quantitative estimate of drug-likeness (QED) is 0.408. The van der Waals surface area contributed by atoms with Crippen LogP contribution < -0.4 is 0 Å². The van der Waals surface area contributed by atoms with Crippen LogP contribution in [-0.4, -0.2) is 11.2 Å². The highest BCUT2D eigenvalue weighted by Crippen LogP contribution is 2.34. The SMILES string of the molecule is CCCCCCCCCC(O)C1CCC(CCCC)CC1. The van der Waals surface area contributed by atoms with E-state index in [9.17, 15) is 5.11 Å². The highest BCUT2D eigenvalue weighted by atomic mass is 16.3. The molecule has 0 aromatic rings. The lowest BCUT2D eigenvalue weighted by atomic mass is 9.77. The third kappa shape index (κ3) is 8.86. The lowest BCUT2D eigenvalue weighted by Crippen LogP contribution is -2.25. The van der Waals surface area contributed by atoms with E-state index in [0.717, 1.165) is 12.3 Å². The predicted octanol–water partition coefficient (Wildman–Crippen LogP) is 6.48. The summed E-state index contributed by atoms with van der Waals surface area (Å²) in [5, 5.41) is 10.4. The molecule has 0 heterocycles. The van der Waals surface area contributed by atoms with Gasteiger partial charge in [-0.1, -0.05) is 90.9 Å². The van der Waals surface area contributed by atoms with Crippen LogP contribution in [0.4, 0.5) is 0 Å². The van der Waals surface area contributed by atoms with Crippen LogP contribution in [0.25, 0.3) is 0 Å². The molecule has 0 aliphatic heterocycles. The van der Waals surface area contributed by atoms with E-state index in [0.29, 0.717) is 5.92 Å². The molecule has 0 saturated heterocycles. The monoisotopic (exact) mass is 296 g/mol. The molecule has 0 aromatic heterocycles. The van der Waals surface area contributed by atoms with Gasteiger partial charge in [0.1, 0.15) is 0 Å². The molecule has 1 aliphatic carbocycles. The average Bonchev–Trinajstić information content (AvgIpc) is 2.52. The summed E-state index contributed by atoms with van der Waals surface area (Å²) in [4.78, 5) is 0. The summed E-state index contributed by atoms with van der Waals surface area (Å²) in [6.07, 6.45) is 20.0. The molecule has 1 fully saturated rings. The molecule has 0 bridgehead atoms. The van der Waals surface area contributed by atoms with Gasteiger partial charge in [0, 0.05) is 0 Å². The second-order valence-electron chi connectivity index (χ2n) is 7.40. The molecule has 1 nitrogen and oxygen atoms in total. The van der Waals surface area contributed by atoms with E-state index in [1.54, 1.807) is 0 Å². The summed E-state index contributed by atoms with van der Waals surface area (Å²) >= 11 is 0. The lowest BCUT2D eigenvalue weighted by molar-refractivity contribution is 0.0634. The summed E-state index contributed by atoms with van der Waals surface area (Å²) in [7, 11) is 0. The first-order valence-electron chi connectivity index (χ1n) is 9.96. The van der Waals surface area contributed by atoms with Crippen molar-refractivity contribution >= 4 is 0 Å². The van der Waals surface area contributed by atoms with E-state index in [-0.39, 0.29) is 6.10 Å². The molecule has 1 saturated carbocycles. The molecule has 1 unspecified atom stereocenters. The fourth-order valence-electron chi connectivity index (χ4n) is 3.90. The number of rotatable bonds is 12. The predicted molar refractivity (Wildman–Crippen MR) is 93.6 cm³/mol. The van der Waals surface area contributed by atoms with Crippen molar-refractivity contribution in [2.45, 2.75) is 116 Å². The van der Waals surface area contributed by atoms with Gasteiger partial charge in [0.25, 0.3) is 0 Å². The van der Waals surface area contributed by atoms with Gasteiger partial charge >= 0.3 is 0 Å². The van der Waals surface area contributed by atoms with Gasteiger partial charge in [-0.25, -0.2) is 0 Å². The van der Waals surface area contributed by atoms with Crippen molar-refractivity contribution < 1.29 is 5.11 Å². The first-order chi connectivity index (χ1) is 10.3. The minimum Gasteiger partial charge on any atom is -0.393 e. The van der Waals surface area contributed by atoms with Gasteiger partial charge in [0.05, 0.1) is 6.10 Å². The van der Waals surface area contributed by atoms with Crippen LogP contribution >= 0.6 is 0 Å². The summed E-state index contributed by atoms with van der Waals surface area (Å²) in [5.74, 6) is 1.58. The van der Waals surface area contributed by atoms with Crippen molar-refractivity contribution in [3.05, 3.63) is 0 Å². The highest BCUT2D eigenvalue weighted by molar-refractivity contribution is 4.77. The minimum atomic E-state index is -0.00670. The number of hydrogen-bond acceptors (Lipinski definition) is 1. The minimum absolute atomic E-state index is 0.00670. The third-order valence-corrected chi connectivity index (χ3v) is 5.50. The lowest BCUT2D eigenvalue weighted by Gasteiger charge is -2.31. The topological polar surface area (TPSA) is 20.2 Å². The van der Waals surface area contributed by atoms with Crippen LogP contribution in [0.3, 0.4) is 0 Å². The smallest absolute Gasteiger partial charge is 0.0568 e. The maximum Gasteiger partial charge on any atom is 0.0568 e. The van der Waals surface area contributed by atoms with E-state index in [1.165, 1.54) is 89.9 Å². The summed E-state index contributed by atoms with van der Waals surface area (Å²) < 4.78 is 0. The fourth-order valence-corrected chi connectivity index (χ4v) is 3.90. The van der Waals surface area contributed by atoms with Crippen LogP contribution in [0.15, 0.2) is 0 Å². The molecule has 0 amide bonds. The zero-order chi connectivity index (χ0) is 15.3. The maximum atomic E-state index is 10.4. The Labute approximate surface area is 133 Å². The number of aliphatic hydroxyl groups excluding tert-OH is 1. The van der Waals surface area contributed by atoms with Gasteiger partial charge in [-0.2, -0.15) is 0 Å². The first kappa shape index (κ1) is 19.0. The Bertz CT molecular complexity index is 218. The molecule has 0 radical (unpaired) electrons. The van der Waals surface area contributed by atoms with Crippen LogP contribution in [0.5, 0.6) is 0 Å². The van der Waals surface area contributed by atoms with Crippen LogP contribution in [0.2, 0.25) is 0 Å². The molecular weight excluding hydrogens is 256 g/mol. The van der Waals surface area contributed by atoms with Crippen molar-refractivity contribution in [3.63, 3.8) is 0 Å². The highest BCUT2D eigenvalue weighted by Gasteiger charge is 2.25. The molecule has 21 heavy (non-hydrogen) atoms. The number of unbranched alkanes of at least 4 members (excludes halogenated alkanes) is 7. The zero-order valence-electron chi connectivity index (χ0n) is 14.8. The molecule has 1 atom stereocenters. The normalized spacial score (nSPS) is 24.1. The molecule has 1 N–H and O–H groups in total. The van der Waals surface area contributed by atoms with Crippen molar-refractivity contribution in [2.24, 2.45) is 11.8 Å². The zero-order valence-corrected chi connectivity index (χ0v) is 14.8. The second kappa shape index (κ2) is 12.5. The molecule has 126 valence electrons. The van der Waals surface area contributed by atoms with Gasteiger partial charge in [0.15, 0.2) is 0 Å². The Balaban J connectivity index is 1.99. The maximum absolute atomic E-state index is 10.4. The van der Waals surface area contributed by atoms with Crippen molar-refractivity contribution in [1.82, 2.24) is 0 Å². The molecular formula is C20H40O. The Morgan fingerprint density at radius 1 is 0.762 bits per heavy atom. The summed E-state index contributed by atoms with van der Waals surface area (Å²) in [5.41, 5.74) is 0.